The minimum atomic E-state index is -3.37. The van der Waals surface area contributed by atoms with Crippen LogP contribution in [-0.2, 0) is 14.3 Å². The first-order chi connectivity index (χ1) is 7.64. The third-order valence-corrected chi connectivity index (χ3v) is 3.77. The van der Waals surface area contributed by atoms with E-state index in [1.54, 1.807) is 0 Å². The molecule has 0 atom stereocenters. The first-order valence-electron chi connectivity index (χ1n) is 5.64. The van der Waals surface area contributed by atoms with Gasteiger partial charge < -0.3 is 16.0 Å². The second-order valence-electron chi connectivity index (χ2n) is 3.82. The predicted octanol–water partition coefficient (Wildman–Crippen LogP) is -1.41. The van der Waals surface area contributed by atoms with E-state index < -0.39 is 10.1 Å². The average Bonchev–Trinajstić information content (AvgIpc) is 2.28. The molecule has 0 radical (unpaired) electrons. The Morgan fingerprint density at radius 2 is 2.00 bits per heavy atom. The van der Waals surface area contributed by atoms with E-state index in [1.165, 1.54) is 0 Å². The van der Waals surface area contributed by atoms with E-state index in [0.717, 1.165) is 32.7 Å². The molecule has 1 aliphatic rings. The lowest BCUT2D eigenvalue weighted by Crippen LogP contribution is -2.44. The molecule has 0 bridgehead atoms. The van der Waals surface area contributed by atoms with Crippen molar-refractivity contribution in [3.8, 4) is 0 Å². The number of piperazine rings is 1. The molecule has 0 amide bonds. The van der Waals surface area contributed by atoms with Gasteiger partial charge in [-0.2, -0.15) is 8.42 Å². The first-order valence-corrected chi connectivity index (χ1v) is 7.22. The van der Waals surface area contributed by atoms with Crippen molar-refractivity contribution in [1.29, 1.82) is 0 Å². The summed E-state index contributed by atoms with van der Waals surface area (Å²) in [4.78, 5) is 2.26. The van der Waals surface area contributed by atoms with Gasteiger partial charge in [0.25, 0.3) is 10.1 Å². The molecule has 1 fully saturated rings. The van der Waals surface area contributed by atoms with E-state index in [9.17, 15) is 8.42 Å². The van der Waals surface area contributed by atoms with Crippen LogP contribution in [0.2, 0.25) is 0 Å². The Kier molecular flexibility index (Phi) is 6.22. The smallest absolute Gasteiger partial charge is 0.267 e. The van der Waals surface area contributed by atoms with Crippen molar-refractivity contribution in [3.05, 3.63) is 0 Å². The van der Waals surface area contributed by atoms with Crippen LogP contribution in [0.4, 0.5) is 0 Å². The molecule has 0 aromatic heterocycles. The van der Waals surface area contributed by atoms with Crippen LogP contribution in [0.25, 0.3) is 0 Å². The second-order valence-corrected chi connectivity index (χ2v) is 5.58. The van der Waals surface area contributed by atoms with Crippen LogP contribution in [0.3, 0.4) is 0 Å². The fourth-order valence-corrected chi connectivity index (χ4v) is 2.58. The van der Waals surface area contributed by atoms with E-state index >= 15 is 0 Å². The zero-order chi connectivity index (χ0) is 11.9. The third-order valence-electron chi connectivity index (χ3n) is 2.46. The van der Waals surface area contributed by atoms with Crippen molar-refractivity contribution in [2.45, 2.75) is 6.42 Å². The molecule has 6 nitrogen and oxygen atoms in total. The van der Waals surface area contributed by atoms with Gasteiger partial charge in [0.15, 0.2) is 0 Å². The van der Waals surface area contributed by atoms with Crippen LogP contribution < -0.4 is 11.1 Å². The Labute approximate surface area is 97.3 Å². The molecule has 96 valence electrons. The van der Waals surface area contributed by atoms with Gasteiger partial charge in [-0.15, -0.1) is 0 Å². The second kappa shape index (κ2) is 7.18. The largest absolute Gasteiger partial charge is 0.328 e. The summed E-state index contributed by atoms with van der Waals surface area (Å²) in [6.07, 6.45) is 0.618. The summed E-state index contributed by atoms with van der Waals surface area (Å²) >= 11 is 0. The molecular weight excluding hydrogens is 230 g/mol. The molecule has 3 N–H and O–H groups in total. The molecule has 1 heterocycles. The molecule has 0 aromatic rings. The van der Waals surface area contributed by atoms with Crippen LogP contribution in [0.1, 0.15) is 6.42 Å². The van der Waals surface area contributed by atoms with Gasteiger partial charge in [-0.1, -0.05) is 0 Å². The Hall–Kier alpha value is -0.210. The zero-order valence-corrected chi connectivity index (χ0v) is 10.3. The molecule has 1 aliphatic heterocycles. The zero-order valence-electron chi connectivity index (χ0n) is 9.52. The van der Waals surface area contributed by atoms with Gasteiger partial charge in [-0.25, -0.2) is 0 Å². The lowest BCUT2D eigenvalue weighted by Gasteiger charge is -2.26. The topological polar surface area (TPSA) is 84.7 Å². The number of nitrogens with zero attached hydrogens (tertiary/aromatic N) is 1. The number of rotatable bonds is 7. The highest BCUT2D eigenvalue weighted by atomic mass is 32.2. The van der Waals surface area contributed by atoms with Gasteiger partial charge in [0, 0.05) is 32.7 Å². The Bertz CT molecular complexity index is 276. The van der Waals surface area contributed by atoms with Crippen LogP contribution >= 0.6 is 0 Å². The predicted molar refractivity (Wildman–Crippen MR) is 62.7 cm³/mol. The van der Waals surface area contributed by atoms with Crippen LogP contribution in [-0.4, -0.2) is 64.9 Å². The van der Waals surface area contributed by atoms with E-state index in [1.807, 2.05) is 0 Å². The fraction of sp³-hybridized carbons (Fsp3) is 1.00. The van der Waals surface area contributed by atoms with Gasteiger partial charge in [0.05, 0.1) is 12.4 Å². The highest BCUT2D eigenvalue weighted by Gasteiger charge is 2.13. The molecular formula is C9H21N3O3S. The summed E-state index contributed by atoms with van der Waals surface area (Å²) in [5.74, 6) is 0.0803. The number of nitrogens with two attached hydrogens (primary N) is 1. The summed E-state index contributed by atoms with van der Waals surface area (Å²) in [6, 6.07) is 0. The van der Waals surface area contributed by atoms with Gasteiger partial charge in [-0.05, 0) is 13.0 Å². The monoisotopic (exact) mass is 251 g/mol. The van der Waals surface area contributed by atoms with Gasteiger partial charge in [0.1, 0.15) is 0 Å². The molecule has 7 heteroatoms. The number of nitrogens with one attached hydrogen (secondary N) is 1. The molecule has 16 heavy (non-hydrogen) atoms. The van der Waals surface area contributed by atoms with Crippen LogP contribution in [0.5, 0.6) is 0 Å². The maximum Gasteiger partial charge on any atom is 0.267 e. The first kappa shape index (κ1) is 13.9. The van der Waals surface area contributed by atoms with E-state index in [-0.39, 0.29) is 18.9 Å². The normalized spacial score (nSPS) is 18.8. The van der Waals surface area contributed by atoms with Crippen molar-refractivity contribution in [1.82, 2.24) is 10.2 Å². The molecule has 0 saturated carbocycles. The summed E-state index contributed by atoms with van der Waals surface area (Å²) in [5.41, 5.74) is 5.18. The van der Waals surface area contributed by atoms with E-state index in [0.29, 0.717) is 6.42 Å². The molecule has 1 saturated heterocycles. The van der Waals surface area contributed by atoms with Crippen molar-refractivity contribution in [2.75, 3.05) is 51.6 Å². The minimum Gasteiger partial charge on any atom is -0.328 e. The SMILES string of the molecule is NCCOS(=O)(=O)CCCN1CCNCC1. The summed E-state index contributed by atoms with van der Waals surface area (Å²) in [7, 11) is -3.37. The fourth-order valence-electron chi connectivity index (χ4n) is 1.63. The maximum absolute atomic E-state index is 11.3. The number of hydrogen-bond acceptors (Lipinski definition) is 6. The lowest BCUT2D eigenvalue weighted by molar-refractivity contribution is 0.240. The molecule has 1 rings (SSSR count). The van der Waals surface area contributed by atoms with Gasteiger partial charge in [0.2, 0.25) is 0 Å². The van der Waals surface area contributed by atoms with Gasteiger partial charge in [-0.3, -0.25) is 4.18 Å². The van der Waals surface area contributed by atoms with Gasteiger partial charge >= 0.3 is 0 Å². The molecule has 0 unspecified atom stereocenters. The quantitative estimate of drug-likeness (QED) is 0.541. The maximum atomic E-state index is 11.3. The van der Waals surface area contributed by atoms with Crippen LogP contribution in [0.15, 0.2) is 0 Å². The van der Waals surface area contributed by atoms with Crippen molar-refractivity contribution >= 4 is 10.1 Å². The van der Waals surface area contributed by atoms with Crippen molar-refractivity contribution in [2.24, 2.45) is 5.73 Å². The molecule has 0 spiro atoms. The van der Waals surface area contributed by atoms with Crippen molar-refractivity contribution in [3.63, 3.8) is 0 Å². The molecule has 0 aromatic carbocycles. The summed E-state index contributed by atoms with van der Waals surface area (Å²) in [5, 5.41) is 3.25. The number of hydrogen-bond donors (Lipinski definition) is 2. The standard InChI is InChI=1S/C9H21N3O3S/c10-2-8-15-16(13,14)9-1-5-12-6-3-11-4-7-12/h11H,1-10H2. The summed E-state index contributed by atoms with van der Waals surface area (Å²) in [6.45, 7) is 5.07. The summed E-state index contributed by atoms with van der Waals surface area (Å²) < 4.78 is 27.3. The van der Waals surface area contributed by atoms with E-state index in [4.69, 9.17) is 5.73 Å². The van der Waals surface area contributed by atoms with E-state index in [2.05, 4.69) is 14.4 Å². The average molecular weight is 251 g/mol. The van der Waals surface area contributed by atoms with Crippen molar-refractivity contribution < 1.29 is 12.6 Å². The minimum absolute atomic E-state index is 0.0793. The molecule has 0 aliphatic carbocycles. The Morgan fingerprint density at radius 3 is 2.62 bits per heavy atom. The Balaban J connectivity index is 2.13. The van der Waals surface area contributed by atoms with Crippen LogP contribution in [0, 0.1) is 0 Å². The third kappa shape index (κ3) is 5.76. The highest BCUT2D eigenvalue weighted by molar-refractivity contribution is 7.86. The Morgan fingerprint density at radius 1 is 1.31 bits per heavy atom. The highest BCUT2D eigenvalue weighted by Crippen LogP contribution is 1.99. The lowest BCUT2D eigenvalue weighted by atomic mass is 10.3.